The van der Waals surface area contributed by atoms with E-state index in [0.717, 1.165) is 6.07 Å². The summed E-state index contributed by atoms with van der Waals surface area (Å²) in [5, 5.41) is 12.4. The highest BCUT2D eigenvalue weighted by molar-refractivity contribution is 6.32. The lowest BCUT2D eigenvalue weighted by molar-refractivity contribution is -0.385. The average molecular weight is 448 g/mol. The van der Waals surface area contributed by atoms with Crippen molar-refractivity contribution in [3.63, 3.8) is 0 Å². The molecule has 0 fully saturated rings. The number of hydrogen-bond acceptors (Lipinski definition) is 8. The van der Waals surface area contributed by atoms with E-state index in [0.29, 0.717) is 21.5 Å². The fraction of sp³-hybridized carbons (Fsp3) is 0.238. The zero-order valence-corrected chi connectivity index (χ0v) is 17.6. The number of carbonyl (C=O) groups excluding carboxylic acids is 1. The van der Waals surface area contributed by atoms with E-state index >= 15 is 0 Å². The number of benzene rings is 2. The molecule has 0 N–H and O–H groups in total. The molecule has 0 radical (unpaired) electrons. The van der Waals surface area contributed by atoms with Crippen molar-refractivity contribution in [1.29, 1.82) is 0 Å². The number of halogens is 1. The zero-order valence-electron chi connectivity index (χ0n) is 16.9. The Morgan fingerprint density at radius 2 is 1.94 bits per heavy atom. The zero-order chi connectivity index (χ0) is 22.7. The van der Waals surface area contributed by atoms with Crippen LogP contribution in [0, 0.1) is 17.0 Å². The van der Waals surface area contributed by atoms with Gasteiger partial charge in [0.05, 0.1) is 24.7 Å². The molecular weight excluding hydrogens is 430 g/mol. The van der Waals surface area contributed by atoms with Gasteiger partial charge in [-0.1, -0.05) is 11.6 Å². The quantitative estimate of drug-likeness (QED) is 0.226. The van der Waals surface area contributed by atoms with E-state index < -0.39 is 22.2 Å². The van der Waals surface area contributed by atoms with Crippen LogP contribution >= 0.6 is 11.6 Å². The molecule has 0 atom stereocenters. The largest absolute Gasteiger partial charge is 0.493 e. The Hall–Kier alpha value is -3.59. The molecule has 9 nitrogen and oxygen atoms in total. The fourth-order valence-electron chi connectivity index (χ4n) is 2.98. The highest BCUT2D eigenvalue weighted by Gasteiger charge is 2.26. The summed E-state index contributed by atoms with van der Waals surface area (Å²) in [6, 6.07) is 6.67. The van der Waals surface area contributed by atoms with Crippen molar-refractivity contribution in [2.24, 2.45) is 0 Å². The van der Waals surface area contributed by atoms with Crippen molar-refractivity contribution in [1.82, 2.24) is 0 Å². The number of methoxy groups -OCH3 is 1. The van der Waals surface area contributed by atoms with Gasteiger partial charge in [0.15, 0.2) is 11.5 Å². The molecule has 0 spiro atoms. The van der Waals surface area contributed by atoms with Gasteiger partial charge in [0, 0.05) is 28.1 Å². The molecule has 162 valence electrons. The van der Waals surface area contributed by atoms with Gasteiger partial charge < -0.3 is 18.6 Å². The summed E-state index contributed by atoms with van der Waals surface area (Å²) in [7, 11) is 1.35. The number of nitrogens with zero attached hydrogens (tertiary/aromatic N) is 1. The third-order valence-electron chi connectivity index (χ3n) is 4.47. The van der Waals surface area contributed by atoms with E-state index in [1.54, 1.807) is 26.0 Å². The first-order valence-electron chi connectivity index (χ1n) is 9.14. The molecule has 0 aliphatic heterocycles. The van der Waals surface area contributed by atoms with E-state index in [1.807, 2.05) is 0 Å². The summed E-state index contributed by atoms with van der Waals surface area (Å²) in [5.74, 6) is -0.690. The van der Waals surface area contributed by atoms with Crippen LogP contribution in [0.2, 0.25) is 5.02 Å². The second-order valence-electron chi connectivity index (χ2n) is 6.47. The number of fused-ring (bicyclic) bond motifs is 1. The van der Waals surface area contributed by atoms with Crippen LogP contribution in [0.4, 0.5) is 5.69 Å². The van der Waals surface area contributed by atoms with E-state index in [2.05, 4.69) is 0 Å². The minimum Gasteiger partial charge on any atom is -0.493 e. The molecule has 0 aliphatic rings. The molecule has 0 aliphatic carbocycles. The normalized spacial score (nSPS) is 10.7. The SMILES string of the molecule is CCOc1cc([N+](=O)[O-])c(C(=O)OCc2cc(=O)oc3cc(C)c(Cl)cc23)cc1OC. The highest BCUT2D eigenvalue weighted by Crippen LogP contribution is 2.35. The fourth-order valence-corrected chi connectivity index (χ4v) is 3.14. The molecular formula is C21H18ClNO8. The summed E-state index contributed by atoms with van der Waals surface area (Å²) < 4.78 is 20.9. The Labute approximate surface area is 181 Å². The van der Waals surface area contributed by atoms with Gasteiger partial charge >= 0.3 is 11.6 Å². The smallest absolute Gasteiger partial charge is 0.345 e. The van der Waals surface area contributed by atoms with Crippen molar-refractivity contribution >= 4 is 34.2 Å². The van der Waals surface area contributed by atoms with Gasteiger partial charge in [0.2, 0.25) is 0 Å². The topological polar surface area (TPSA) is 118 Å². The predicted molar refractivity (Wildman–Crippen MR) is 112 cm³/mol. The standard InChI is InChI=1S/C21H18ClNO8/c1-4-29-19-9-16(23(26)27)14(8-18(19)28-3)21(25)30-10-12-6-20(24)31-17-5-11(2)15(22)7-13(12)17/h5-9H,4,10H2,1-3H3. The Morgan fingerprint density at radius 1 is 1.19 bits per heavy atom. The molecule has 3 rings (SSSR count). The third kappa shape index (κ3) is 4.61. The van der Waals surface area contributed by atoms with Crippen LogP contribution in [0.25, 0.3) is 11.0 Å². The highest BCUT2D eigenvalue weighted by atomic mass is 35.5. The van der Waals surface area contributed by atoms with Gasteiger partial charge in [-0.25, -0.2) is 9.59 Å². The van der Waals surface area contributed by atoms with Gasteiger partial charge in [-0.3, -0.25) is 10.1 Å². The van der Waals surface area contributed by atoms with Crippen molar-refractivity contribution in [2.75, 3.05) is 13.7 Å². The van der Waals surface area contributed by atoms with Crippen molar-refractivity contribution in [2.45, 2.75) is 20.5 Å². The molecule has 1 aromatic heterocycles. The van der Waals surface area contributed by atoms with E-state index in [1.165, 1.54) is 19.2 Å². The van der Waals surface area contributed by atoms with E-state index in [9.17, 15) is 19.7 Å². The second-order valence-corrected chi connectivity index (χ2v) is 6.88. The molecule has 0 amide bonds. The minimum atomic E-state index is -0.965. The van der Waals surface area contributed by atoms with Gasteiger partial charge in [-0.2, -0.15) is 0 Å². The van der Waals surface area contributed by atoms with Crippen LogP contribution in [0.1, 0.15) is 28.4 Å². The molecule has 3 aromatic rings. The van der Waals surface area contributed by atoms with Crippen LogP contribution in [0.15, 0.2) is 39.5 Å². The third-order valence-corrected chi connectivity index (χ3v) is 4.87. The number of esters is 1. The Bertz CT molecular complexity index is 1230. The summed E-state index contributed by atoms with van der Waals surface area (Å²) in [6.45, 7) is 3.39. The number of aryl methyl sites for hydroxylation is 1. The number of ether oxygens (including phenoxy) is 3. The first kappa shape index (κ1) is 22.1. The first-order valence-corrected chi connectivity index (χ1v) is 9.52. The maximum atomic E-state index is 12.7. The number of hydrogen-bond donors (Lipinski definition) is 0. The summed E-state index contributed by atoms with van der Waals surface area (Å²) >= 11 is 6.16. The van der Waals surface area contributed by atoms with Crippen LogP contribution in [-0.2, 0) is 11.3 Å². The predicted octanol–water partition coefficient (Wildman–Crippen LogP) is 4.43. The second kappa shape index (κ2) is 9.05. The first-order chi connectivity index (χ1) is 14.7. The Kier molecular flexibility index (Phi) is 6.45. The van der Waals surface area contributed by atoms with E-state index in [4.69, 9.17) is 30.2 Å². The molecule has 0 bridgehead atoms. The summed E-state index contributed by atoms with van der Waals surface area (Å²) in [4.78, 5) is 35.3. The van der Waals surface area contributed by atoms with Gasteiger partial charge in [-0.05, 0) is 31.5 Å². The van der Waals surface area contributed by atoms with Crippen LogP contribution < -0.4 is 15.1 Å². The number of rotatable bonds is 7. The minimum absolute atomic E-state index is 0.130. The Morgan fingerprint density at radius 3 is 2.58 bits per heavy atom. The van der Waals surface area contributed by atoms with Crippen molar-refractivity contribution in [3.8, 4) is 11.5 Å². The number of nitro groups is 1. The summed E-state index contributed by atoms with van der Waals surface area (Å²) in [6.07, 6.45) is 0. The number of nitro benzene ring substituents is 1. The number of carbonyl (C=O) groups is 1. The van der Waals surface area contributed by atoms with Crippen molar-refractivity contribution < 1.29 is 28.3 Å². The van der Waals surface area contributed by atoms with Crippen LogP contribution in [0.3, 0.4) is 0 Å². The Balaban J connectivity index is 1.97. The van der Waals surface area contributed by atoms with Crippen molar-refractivity contribution in [3.05, 3.63) is 72.6 Å². The lowest BCUT2D eigenvalue weighted by Crippen LogP contribution is -2.11. The molecule has 0 saturated heterocycles. The lowest BCUT2D eigenvalue weighted by atomic mass is 10.1. The van der Waals surface area contributed by atoms with Gasteiger partial charge in [0.25, 0.3) is 5.69 Å². The van der Waals surface area contributed by atoms with Crippen LogP contribution in [-0.4, -0.2) is 24.6 Å². The summed E-state index contributed by atoms with van der Waals surface area (Å²) in [5.41, 5.74) is -0.0921. The molecule has 10 heteroatoms. The maximum Gasteiger partial charge on any atom is 0.345 e. The molecule has 1 heterocycles. The monoisotopic (exact) mass is 447 g/mol. The van der Waals surface area contributed by atoms with E-state index in [-0.39, 0.29) is 35.9 Å². The molecule has 0 saturated carbocycles. The molecule has 31 heavy (non-hydrogen) atoms. The average Bonchev–Trinajstić information content (AvgIpc) is 2.72. The van der Waals surface area contributed by atoms with Gasteiger partial charge in [0.1, 0.15) is 17.8 Å². The lowest BCUT2D eigenvalue weighted by Gasteiger charge is -2.12. The van der Waals surface area contributed by atoms with Gasteiger partial charge in [-0.15, -0.1) is 0 Å². The maximum absolute atomic E-state index is 12.7. The molecule has 0 unspecified atom stereocenters. The van der Waals surface area contributed by atoms with Crippen LogP contribution in [0.5, 0.6) is 11.5 Å². The molecule has 2 aromatic carbocycles.